The lowest BCUT2D eigenvalue weighted by Crippen LogP contribution is -2.28. The van der Waals surface area contributed by atoms with E-state index in [1.807, 2.05) is 44.2 Å². The number of methoxy groups -OCH3 is 1. The molecule has 5 aromatic rings. The van der Waals surface area contributed by atoms with Crippen LogP contribution in [0, 0.1) is 13.8 Å². The molecule has 0 aliphatic heterocycles. The fraction of sp³-hybridized carbons (Fsp3) is 0.160. The molecule has 2 aromatic carbocycles. The average molecular weight is 470 g/mol. The van der Waals surface area contributed by atoms with Gasteiger partial charge in [0.2, 0.25) is 11.7 Å². The van der Waals surface area contributed by atoms with E-state index in [4.69, 9.17) is 9.26 Å². The Bertz CT molecular complexity index is 1610. The third kappa shape index (κ3) is 4.29. The molecular weight excluding hydrogens is 448 g/mol. The largest absolute Gasteiger partial charge is 0.495 e. The lowest BCUT2D eigenvalue weighted by atomic mass is 10.1. The zero-order valence-electron chi connectivity index (χ0n) is 19.3. The van der Waals surface area contributed by atoms with Crippen LogP contribution in [0.2, 0.25) is 0 Å². The monoisotopic (exact) mass is 470 g/mol. The Morgan fingerprint density at radius 3 is 2.71 bits per heavy atom. The fourth-order valence-corrected chi connectivity index (χ4v) is 3.79. The number of nitrogens with one attached hydrogen (secondary N) is 1. The second-order valence-electron chi connectivity index (χ2n) is 8.10. The van der Waals surface area contributed by atoms with Gasteiger partial charge in [0.05, 0.1) is 18.4 Å². The SMILES string of the molecule is COc1ccc(C)cc1NC(=O)Cn1nc2c(-c3nc(-c4cccc(C)c4)no3)cccn2c1=O. The zero-order chi connectivity index (χ0) is 24.5. The molecule has 0 saturated carbocycles. The molecule has 176 valence electrons. The third-order valence-electron chi connectivity index (χ3n) is 5.46. The summed E-state index contributed by atoms with van der Waals surface area (Å²) in [5, 5.41) is 11.2. The maximum Gasteiger partial charge on any atom is 0.350 e. The van der Waals surface area contributed by atoms with Crippen LogP contribution in [0.25, 0.3) is 28.5 Å². The molecule has 0 unspecified atom stereocenters. The standard InChI is InChI=1S/C25H22N6O4/c1-15-6-4-7-17(12-15)22-27-24(35-29-22)18-8-5-11-30-23(18)28-31(25(30)33)14-21(32)26-19-13-16(2)9-10-20(19)34-3/h4-13H,14H2,1-3H3,(H,26,32). The second kappa shape index (κ2) is 8.90. The van der Waals surface area contributed by atoms with E-state index in [0.29, 0.717) is 28.5 Å². The number of benzene rings is 2. The van der Waals surface area contributed by atoms with Crippen LogP contribution >= 0.6 is 0 Å². The predicted molar refractivity (Wildman–Crippen MR) is 129 cm³/mol. The first-order valence-corrected chi connectivity index (χ1v) is 10.9. The normalized spacial score (nSPS) is 11.1. The molecule has 0 aliphatic rings. The lowest BCUT2D eigenvalue weighted by Gasteiger charge is -2.10. The molecule has 0 radical (unpaired) electrons. The first-order valence-electron chi connectivity index (χ1n) is 10.9. The molecule has 3 aromatic heterocycles. The van der Waals surface area contributed by atoms with Gasteiger partial charge >= 0.3 is 5.69 Å². The lowest BCUT2D eigenvalue weighted by molar-refractivity contribution is -0.117. The number of ether oxygens (including phenoxy) is 1. The van der Waals surface area contributed by atoms with Gasteiger partial charge in [0.25, 0.3) is 5.89 Å². The van der Waals surface area contributed by atoms with E-state index in [9.17, 15) is 9.59 Å². The number of aryl methyl sites for hydroxylation is 2. The van der Waals surface area contributed by atoms with Crippen LogP contribution in [0.4, 0.5) is 5.69 Å². The second-order valence-corrected chi connectivity index (χ2v) is 8.10. The molecule has 35 heavy (non-hydrogen) atoms. The van der Waals surface area contributed by atoms with Gasteiger partial charge in [-0.3, -0.25) is 4.79 Å². The quantitative estimate of drug-likeness (QED) is 0.404. The Labute approximate surface area is 199 Å². The van der Waals surface area contributed by atoms with E-state index < -0.39 is 11.6 Å². The van der Waals surface area contributed by atoms with Crippen molar-refractivity contribution >= 4 is 17.2 Å². The first kappa shape index (κ1) is 22.1. The molecule has 10 heteroatoms. The van der Waals surface area contributed by atoms with Crippen molar-refractivity contribution in [1.82, 2.24) is 24.3 Å². The smallest absolute Gasteiger partial charge is 0.350 e. The van der Waals surface area contributed by atoms with Gasteiger partial charge in [0.1, 0.15) is 12.3 Å². The van der Waals surface area contributed by atoms with E-state index in [-0.39, 0.29) is 12.4 Å². The Morgan fingerprint density at radius 1 is 1.09 bits per heavy atom. The molecule has 0 atom stereocenters. The van der Waals surface area contributed by atoms with Gasteiger partial charge in [0.15, 0.2) is 5.65 Å². The van der Waals surface area contributed by atoms with Crippen molar-refractivity contribution in [2.24, 2.45) is 0 Å². The summed E-state index contributed by atoms with van der Waals surface area (Å²) in [5.74, 6) is 0.757. The Morgan fingerprint density at radius 2 is 1.91 bits per heavy atom. The highest BCUT2D eigenvalue weighted by atomic mass is 16.5. The van der Waals surface area contributed by atoms with Crippen molar-refractivity contribution < 1.29 is 14.1 Å². The number of amides is 1. The van der Waals surface area contributed by atoms with Crippen LogP contribution in [-0.2, 0) is 11.3 Å². The summed E-state index contributed by atoms with van der Waals surface area (Å²) in [6, 6.07) is 16.6. The van der Waals surface area contributed by atoms with Crippen LogP contribution in [0.1, 0.15) is 11.1 Å². The van der Waals surface area contributed by atoms with Crippen LogP contribution in [0.5, 0.6) is 5.75 Å². The number of carbonyl (C=O) groups excluding carboxylic acids is 1. The highest BCUT2D eigenvalue weighted by Gasteiger charge is 2.19. The number of anilines is 1. The van der Waals surface area contributed by atoms with Crippen molar-refractivity contribution in [2.75, 3.05) is 12.4 Å². The summed E-state index contributed by atoms with van der Waals surface area (Å²) in [6.07, 6.45) is 1.57. The third-order valence-corrected chi connectivity index (χ3v) is 5.46. The van der Waals surface area contributed by atoms with Crippen molar-refractivity contribution in [2.45, 2.75) is 20.4 Å². The van der Waals surface area contributed by atoms with E-state index in [0.717, 1.165) is 21.4 Å². The Kier molecular flexibility index (Phi) is 5.61. The van der Waals surface area contributed by atoms with E-state index >= 15 is 0 Å². The fourth-order valence-electron chi connectivity index (χ4n) is 3.79. The van der Waals surface area contributed by atoms with Crippen LogP contribution < -0.4 is 15.7 Å². The molecule has 5 rings (SSSR count). The predicted octanol–water partition coefficient (Wildman–Crippen LogP) is 3.48. The minimum atomic E-state index is -0.466. The molecule has 0 saturated heterocycles. The maximum atomic E-state index is 12.9. The van der Waals surface area contributed by atoms with Gasteiger partial charge in [-0.25, -0.2) is 13.9 Å². The molecule has 1 amide bonds. The number of aromatic nitrogens is 5. The van der Waals surface area contributed by atoms with Gasteiger partial charge in [-0.15, -0.1) is 5.10 Å². The number of carbonyl (C=O) groups is 1. The van der Waals surface area contributed by atoms with Gasteiger partial charge < -0.3 is 14.6 Å². The van der Waals surface area contributed by atoms with Crippen molar-refractivity contribution in [3.05, 3.63) is 82.4 Å². The average Bonchev–Trinajstić information content (AvgIpc) is 3.45. The molecule has 0 bridgehead atoms. The van der Waals surface area contributed by atoms with Gasteiger partial charge in [-0.05, 0) is 49.7 Å². The van der Waals surface area contributed by atoms with E-state index in [1.165, 1.54) is 11.5 Å². The van der Waals surface area contributed by atoms with Gasteiger partial charge in [-0.2, -0.15) is 4.98 Å². The van der Waals surface area contributed by atoms with Crippen LogP contribution in [0.3, 0.4) is 0 Å². The topological polar surface area (TPSA) is 117 Å². The molecule has 3 heterocycles. The number of hydrogen-bond acceptors (Lipinski definition) is 7. The van der Waals surface area contributed by atoms with Crippen molar-refractivity contribution in [1.29, 1.82) is 0 Å². The minimum Gasteiger partial charge on any atom is -0.495 e. The summed E-state index contributed by atoms with van der Waals surface area (Å²) in [5.41, 5.74) is 3.69. The summed E-state index contributed by atoms with van der Waals surface area (Å²) >= 11 is 0. The first-order chi connectivity index (χ1) is 16.9. The van der Waals surface area contributed by atoms with Crippen molar-refractivity contribution in [3.8, 4) is 28.6 Å². The summed E-state index contributed by atoms with van der Waals surface area (Å²) in [6.45, 7) is 3.61. The summed E-state index contributed by atoms with van der Waals surface area (Å²) in [4.78, 5) is 30.1. The number of hydrogen-bond donors (Lipinski definition) is 1. The number of nitrogens with zero attached hydrogens (tertiary/aromatic N) is 5. The molecular formula is C25H22N6O4. The minimum absolute atomic E-state index is 0.221. The molecule has 1 N–H and O–H groups in total. The molecule has 0 spiro atoms. The summed E-state index contributed by atoms with van der Waals surface area (Å²) < 4.78 is 13.2. The van der Waals surface area contributed by atoms with Crippen LogP contribution in [0.15, 0.2) is 70.1 Å². The summed E-state index contributed by atoms with van der Waals surface area (Å²) in [7, 11) is 1.52. The van der Waals surface area contributed by atoms with E-state index in [2.05, 4.69) is 20.6 Å². The number of rotatable bonds is 6. The Balaban J connectivity index is 1.45. The Hall–Kier alpha value is -4.73. The van der Waals surface area contributed by atoms with Crippen LogP contribution in [-0.4, -0.2) is 37.3 Å². The molecule has 10 nitrogen and oxygen atoms in total. The molecule has 0 aliphatic carbocycles. The maximum absolute atomic E-state index is 12.9. The van der Waals surface area contributed by atoms with Gasteiger partial charge in [0, 0.05) is 11.8 Å². The zero-order valence-corrected chi connectivity index (χ0v) is 19.3. The highest BCUT2D eigenvalue weighted by Crippen LogP contribution is 2.26. The molecule has 0 fully saturated rings. The number of fused-ring (bicyclic) bond motifs is 1. The highest BCUT2D eigenvalue weighted by molar-refractivity contribution is 5.92. The van der Waals surface area contributed by atoms with Crippen molar-refractivity contribution in [3.63, 3.8) is 0 Å². The van der Waals surface area contributed by atoms with E-state index in [1.54, 1.807) is 30.5 Å². The number of pyridine rings is 1. The van der Waals surface area contributed by atoms with Gasteiger partial charge in [-0.1, -0.05) is 35.0 Å².